The van der Waals surface area contributed by atoms with E-state index in [4.69, 9.17) is 13.9 Å². The zero-order valence-electron chi connectivity index (χ0n) is 16.2. The summed E-state index contributed by atoms with van der Waals surface area (Å²) in [5.74, 6) is -0.516. The van der Waals surface area contributed by atoms with E-state index in [1.807, 2.05) is 13.0 Å². The van der Waals surface area contributed by atoms with Gasteiger partial charge in [-0.15, -0.1) is 0 Å². The maximum Gasteiger partial charge on any atom is 0.313 e. The van der Waals surface area contributed by atoms with Gasteiger partial charge in [-0.2, -0.15) is 0 Å². The Balaban J connectivity index is 1.99. The first-order valence-electron chi connectivity index (χ1n) is 9.53. The molecule has 2 heterocycles. The lowest BCUT2D eigenvalue weighted by Crippen LogP contribution is -2.45. The van der Waals surface area contributed by atoms with E-state index in [1.54, 1.807) is 12.5 Å². The third-order valence-electron chi connectivity index (χ3n) is 6.49. The molecule has 1 saturated heterocycles. The van der Waals surface area contributed by atoms with Crippen LogP contribution in [0.2, 0.25) is 0 Å². The minimum Gasteiger partial charge on any atom is -0.472 e. The van der Waals surface area contributed by atoms with E-state index in [-0.39, 0.29) is 42.9 Å². The number of aliphatic hydroxyl groups excluding tert-OH is 1. The molecule has 27 heavy (non-hydrogen) atoms. The van der Waals surface area contributed by atoms with Crippen molar-refractivity contribution in [1.29, 1.82) is 0 Å². The molecule has 2 aliphatic rings. The second-order valence-corrected chi connectivity index (χ2v) is 7.77. The van der Waals surface area contributed by atoms with Crippen LogP contribution in [0.25, 0.3) is 0 Å². The van der Waals surface area contributed by atoms with Crippen LogP contribution in [0.15, 0.2) is 34.2 Å². The molecule has 3 rings (SSSR count). The summed E-state index contributed by atoms with van der Waals surface area (Å²) in [6, 6.07) is 1.82. The molecule has 148 valence electrons. The molecule has 1 aromatic rings. The molecular weight excluding hydrogens is 348 g/mol. The number of ether oxygens (including phenoxy) is 2. The molecule has 1 aliphatic carbocycles. The summed E-state index contributed by atoms with van der Waals surface area (Å²) in [6.07, 6.45) is 5.84. The van der Waals surface area contributed by atoms with Gasteiger partial charge in [0.15, 0.2) is 0 Å². The number of aliphatic hydroxyl groups is 1. The number of hydrogen-bond donors (Lipinski definition) is 1. The normalized spacial score (nSPS) is 32.4. The number of carbonyl (C=O) groups is 2. The first kappa shape index (κ1) is 19.7. The number of carbonyl (C=O) groups excluding carboxylic acids is 2. The predicted octanol–water partition coefficient (Wildman–Crippen LogP) is 3.56. The molecule has 4 unspecified atom stereocenters. The Labute approximate surface area is 159 Å². The maximum absolute atomic E-state index is 13.2. The lowest BCUT2D eigenvalue weighted by Gasteiger charge is -2.45. The van der Waals surface area contributed by atoms with Gasteiger partial charge in [0.2, 0.25) is 0 Å². The van der Waals surface area contributed by atoms with Crippen LogP contribution in [0.4, 0.5) is 0 Å². The number of esters is 2. The summed E-state index contributed by atoms with van der Waals surface area (Å²) in [6.45, 7) is 3.95. The van der Waals surface area contributed by atoms with Gasteiger partial charge in [0, 0.05) is 18.4 Å². The molecule has 6 nitrogen and oxygen atoms in total. The van der Waals surface area contributed by atoms with E-state index >= 15 is 0 Å². The topological polar surface area (TPSA) is 86.0 Å². The van der Waals surface area contributed by atoms with Gasteiger partial charge in [-0.1, -0.05) is 12.5 Å². The minimum absolute atomic E-state index is 0.0469. The van der Waals surface area contributed by atoms with Crippen LogP contribution in [0.3, 0.4) is 0 Å². The van der Waals surface area contributed by atoms with Crippen LogP contribution in [0.1, 0.15) is 57.6 Å². The highest BCUT2D eigenvalue weighted by Gasteiger charge is 2.59. The standard InChI is InChI=1S/C21H28O6/c1-13(11-22)16-5-4-14(2)21(17(16)6-7-19(23)25-3)10-18(27-20(21)24)15-8-9-26-12-15/h8-9,12,14,17-18,22H,4-7,10-11H2,1-3H3. The average molecular weight is 376 g/mol. The van der Waals surface area contributed by atoms with Crippen LogP contribution >= 0.6 is 0 Å². The number of furan rings is 1. The monoisotopic (exact) mass is 376 g/mol. The summed E-state index contributed by atoms with van der Waals surface area (Å²) in [4.78, 5) is 25.0. The van der Waals surface area contributed by atoms with Gasteiger partial charge in [-0.25, -0.2) is 0 Å². The molecule has 1 aromatic heterocycles. The fourth-order valence-corrected chi connectivity index (χ4v) is 4.87. The van der Waals surface area contributed by atoms with Crippen LogP contribution < -0.4 is 0 Å². The Bertz CT molecular complexity index is 719. The molecule has 1 N–H and O–H groups in total. The highest BCUT2D eigenvalue weighted by molar-refractivity contribution is 5.81. The Morgan fingerprint density at radius 2 is 2.22 bits per heavy atom. The van der Waals surface area contributed by atoms with E-state index < -0.39 is 5.41 Å². The van der Waals surface area contributed by atoms with Crippen molar-refractivity contribution in [3.8, 4) is 0 Å². The van der Waals surface area contributed by atoms with Crippen molar-refractivity contribution in [1.82, 2.24) is 0 Å². The molecule has 0 amide bonds. The van der Waals surface area contributed by atoms with Gasteiger partial charge in [-0.05, 0) is 49.7 Å². The lowest BCUT2D eigenvalue weighted by molar-refractivity contribution is -0.155. The van der Waals surface area contributed by atoms with Crippen molar-refractivity contribution >= 4 is 11.9 Å². The molecule has 4 atom stereocenters. The predicted molar refractivity (Wildman–Crippen MR) is 97.5 cm³/mol. The minimum atomic E-state index is -0.694. The number of cyclic esters (lactones) is 1. The van der Waals surface area contributed by atoms with E-state index in [1.165, 1.54) is 7.11 Å². The van der Waals surface area contributed by atoms with E-state index in [9.17, 15) is 14.7 Å². The largest absolute Gasteiger partial charge is 0.472 e. The van der Waals surface area contributed by atoms with Gasteiger partial charge < -0.3 is 19.0 Å². The van der Waals surface area contributed by atoms with Crippen molar-refractivity contribution in [2.75, 3.05) is 13.7 Å². The molecule has 0 bridgehead atoms. The Morgan fingerprint density at radius 1 is 1.44 bits per heavy atom. The molecule has 0 aromatic carbocycles. The van der Waals surface area contributed by atoms with Crippen LogP contribution in [-0.2, 0) is 19.1 Å². The molecule has 2 fully saturated rings. The van der Waals surface area contributed by atoms with Crippen molar-refractivity contribution in [2.24, 2.45) is 17.3 Å². The highest BCUT2D eigenvalue weighted by Crippen LogP contribution is 2.59. The molecular formula is C21H28O6. The smallest absolute Gasteiger partial charge is 0.313 e. The van der Waals surface area contributed by atoms with Crippen molar-refractivity contribution in [2.45, 2.75) is 52.1 Å². The Morgan fingerprint density at radius 3 is 2.85 bits per heavy atom. The van der Waals surface area contributed by atoms with Crippen LogP contribution in [0, 0.1) is 17.3 Å². The average Bonchev–Trinajstić information content (AvgIpc) is 3.31. The molecule has 1 saturated carbocycles. The first-order valence-corrected chi connectivity index (χ1v) is 9.53. The van der Waals surface area contributed by atoms with Gasteiger partial charge in [0.25, 0.3) is 0 Å². The fraction of sp³-hybridized carbons (Fsp3) is 0.619. The molecule has 0 radical (unpaired) electrons. The summed E-state index contributed by atoms with van der Waals surface area (Å²) in [5.41, 5.74) is 2.13. The van der Waals surface area contributed by atoms with Crippen molar-refractivity contribution in [3.05, 3.63) is 35.3 Å². The molecule has 1 aliphatic heterocycles. The van der Waals surface area contributed by atoms with Crippen molar-refractivity contribution < 1.29 is 28.6 Å². The number of allylic oxidation sites excluding steroid dienone is 1. The second kappa shape index (κ2) is 7.89. The number of hydrogen-bond acceptors (Lipinski definition) is 6. The number of rotatable bonds is 5. The third kappa shape index (κ3) is 3.43. The summed E-state index contributed by atoms with van der Waals surface area (Å²) >= 11 is 0. The zero-order valence-corrected chi connectivity index (χ0v) is 16.2. The molecule has 1 spiro atoms. The zero-order chi connectivity index (χ0) is 19.6. The second-order valence-electron chi connectivity index (χ2n) is 7.77. The van der Waals surface area contributed by atoms with E-state index in [0.717, 1.165) is 29.6 Å². The van der Waals surface area contributed by atoms with Gasteiger partial charge >= 0.3 is 11.9 Å². The van der Waals surface area contributed by atoms with Gasteiger partial charge in [0.1, 0.15) is 6.10 Å². The van der Waals surface area contributed by atoms with E-state index in [0.29, 0.717) is 12.8 Å². The summed E-state index contributed by atoms with van der Waals surface area (Å²) in [5, 5.41) is 9.72. The maximum atomic E-state index is 13.2. The number of methoxy groups -OCH3 is 1. The van der Waals surface area contributed by atoms with Crippen molar-refractivity contribution in [3.63, 3.8) is 0 Å². The van der Waals surface area contributed by atoms with Gasteiger partial charge in [-0.3, -0.25) is 9.59 Å². The quantitative estimate of drug-likeness (QED) is 0.625. The summed E-state index contributed by atoms with van der Waals surface area (Å²) in [7, 11) is 1.37. The first-order chi connectivity index (χ1) is 12.9. The van der Waals surface area contributed by atoms with Gasteiger partial charge in [0.05, 0.1) is 31.7 Å². The lowest BCUT2D eigenvalue weighted by atomic mass is 9.55. The van der Waals surface area contributed by atoms with E-state index in [2.05, 4.69) is 6.92 Å². The Kier molecular flexibility index (Phi) is 5.75. The Hall–Kier alpha value is -2.08. The fourth-order valence-electron chi connectivity index (χ4n) is 4.87. The third-order valence-corrected chi connectivity index (χ3v) is 6.49. The molecule has 6 heteroatoms. The van der Waals surface area contributed by atoms with Crippen LogP contribution in [0.5, 0.6) is 0 Å². The highest BCUT2D eigenvalue weighted by atomic mass is 16.6. The summed E-state index contributed by atoms with van der Waals surface area (Å²) < 4.78 is 15.8. The SMILES string of the molecule is COC(=O)CCC1C(=C(C)CO)CCC(C)C12CC(c1ccoc1)OC2=O. The van der Waals surface area contributed by atoms with Crippen LogP contribution in [-0.4, -0.2) is 30.8 Å².